The second-order valence-electron chi connectivity index (χ2n) is 5.00. The fraction of sp³-hybridized carbons (Fsp3) is 0.250. The Morgan fingerprint density at radius 1 is 1.24 bits per heavy atom. The van der Waals surface area contributed by atoms with Crippen LogP contribution in [0.1, 0.15) is 34.1 Å². The number of anilines is 2. The van der Waals surface area contributed by atoms with E-state index in [1.54, 1.807) is 12.1 Å². The van der Waals surface area contributed by atoms with Gasteiger partial charge < -0.3 is 10.7 Å². The van der Waals surface area contributed by atoms with Crippen LogP contribution >= 0.6 is 0 Å². The number of aromatic nitrogens is 1. The maximum absolute atomic E-state index is 12.4. The van der Waals surface area contributed by atoms with Crippen LogP contribution in [-0.2, 0) is 6.42 Å². The van der Waals surface area contributed by atoms with Gasteiger partial charge in [0.25, 0.3) is 5.91 Å². The lowest BCUT2D eigenvalue weighted by Crippen LogP contribution is -2.16. The van der Waals surface area contributed by atoms with Gasteiger partial charge in [0.05, 0.1) is 0 Å². The quantitative estimate of drug-likeness (QED) is 0.596. The van der Waals surface area contributed by atoms with Gasteiger partial charge in [0.1, 0.15) is 5.82 Å². The van der Waals surface area contributed by atoms with Crippen molar-refractivity contribution in [2.45, 2.75) is 27.2 Å². The molecule has 0 aliphatic rings. The van der Waals surface area contributed by atoms with Crippen LogP contribution in [0.15, 0.2) is 30.3 Å². The molecule has 1 heterocycles. The number of hydrazine groups is 1. The molecule has 0 atom stereocenters. The van der Waals surface area contributed by atoms with Crippen LogP contribution in [0.4, 0.5) is 11.5 Å². The first kappa shape index (κ1) is 15.0. The molecule has 4 N–H and O–H groups in total. The molecule has 0 radical (unpaired) electrons. The van der Waals surface area contributed by atoms with E-state index >= 15 is 0 Å². The van der Waals surface area contributed by atoms with Crippen molar-refractivity contribution in [1.29, 1.82) is 0 Å². The predicted molar refractivity (Wildman–Crippen MR) is 85.3 cm³/mol. The monoisotopic (exact) mass is 284 g/mol. The summed E-state index contributed by atoms with van der Waals surface area (Å²) in [5.41, 5.74) is 6.79. The van der Waals surface area contributed by atoms with Gasteiger partial charge in [0.15, 0.2) is 0 Å². The Balaban J connectivity index is 2.29. The molecule has 0 fully saturated rings. The Bertz CT molecular complexity index is 645. The van der Waals surface area contributed by atoms with E-state index in [9.17, 15) is 4.79 Å². The number of carbonyl (C=O) groups excluding carboxylic acids is 1. The number of nitrogen functional groups attached to an aromatic ring is 1. The van der Waals surface area contributed by atoms with Crippen molar-refractivity contribution in [2.75, 3.05) is 10.7 Å². The van der Waals surface area contributed by atoms with Crippen molar-refractivity contribution in [2.24, 2.45) is 5.84 Å². The van der Waals surface area contributed by atoms with E-state index in [1.807, 2.05) is 39.0 Å². The summed E-state index contributed by atoms with van der Waals surface area (Å²) < 4.78 is 0. The zero-order valence-corrected chi connectivity index (χ0v) is 12.5. The van der Waals surface area contributed by atoms with Gasteiger partial charge in [-0.3, -0.25) is 4.79 Å². The van der Waals surface area contributed by atoms with E-state index in [0.29, 0.717) is 11.4 Å². The third kappa shape index (κ3) is 3.58. The van der Waals surface area contributed by atoms with Crippen molar-refractivity contribution in [3.63, 3.8) is 0 Å². The molecule has 0 saturated carbocycles. The first-order valence-corrected chi connectivity index (χ1v) is 6.89. The third-order valence-electron chi connectivity index (χ3n) is 3.29. The molecule has 5 heteroatoms. The van der Waals surface area contributed by atoms with Crippen molar-refractivity contribution < 1.29 is 4.79 Å². The third-order valence-corrected chi connectivity index (χ3v) is 3.29. The maximum atomic E-state index is 12.4. The maximum Gasteiger partial charge on any atom is 0.255 e. The molecule has 1 aromatic carbocycles. The van der Waals surface area contributed by atoms with Gasteiger partial charge in [-0.1, -0.05) is 19.1 Å². The SMILES string of the molecule is CCc1cc(C(=O)Nc2cc(C)ccc2C)cc(NN)n1. The summed E-state index contributed by atoms with van der Waals surface area (Å²) >= 11 is 0. The Morgan fingerprint density at radius 2 is 2.00 bits per heavy atom. The summed E-state index contributed by atoms with van der Waals surface area (Å²) in [4.78, 5) is 16.7. The number of amides is 1. The number of hydrogen-bond acceptors (Lipinski definition) is 4. The molecule has 2 aromatic rings. The molecular weight excluding hydrogens is 264 g/mol. The van der Waals surface area contributed by atoms with Gasteiger partial charge >= 0.3 is 0 Å². The minimum Gasteiger partial charge on any atom is -0.322 e. The summed E-state index contributed by atoms with van der Waals surface area (Å²) in [6.07, 6.45) is 0.735. The molecule has 0 saturated heterocycles. The average Bonchev–Trinajstić information content (AvgIpc) is 2.50. The Hall–Kier alpha value is -2.40. The standard InChI is InChI=1S/C16H20N4O/c1-4-13-8-12(9-15(18-13)20-17)16(21)19-14-7-10(2)5-6-11(14)3/h5-9H,4,17H2,1-3H3,(H,18,20)(H,19,21). The zero-order chi connectivity index (χ0) is 15.4. The van der Waals surface area contributed by atoms with E-state index in [-0.39, 0.29) is 5.91 Å². The smallest absolute Gasteiger partial charge is 0.255 e. The minimum absolute atomic E-state index is 0.169. The lowest BCUT2D eigenvalue weighted by Gasteiger charge is -2.11. The van der Waals surface area contributed by atoms with Crippen molar-refractivity contribution in [3.8, 4) is 0 Å². The molecular formula is C16H20N4O. The van der Waals surface area contributed by atoms with E-state index in [2.05, 4.69) is 15.7 Å². The first-order valence-electron chi connectivity index (χ1n) is 6.89. The van der Waals surface area contributed by atoms with Crippen LogP contribution < -0.4 is 16.6 Å². The molecule has 0 aliphatic heterocycles. The second-order valence-corrected chi connectivity index (χ2v) is 5.00. The number of benzene rings is 1. The number of nitrogens with zero attached hydrogens (tertiary/aromatic N) is 1. The highest BCUT2D eigenvalue weighted by molar-refractivity contribution is 6.05. The number of nitrogens with one attached hydrogen (secondary N) is 2. The van der Waals surface area contributed by atoms with Gasteiger partial charge in [-0.15, -0.1) is 0 Å². The van der Waals surface area contributed by atoms with Gasteiger partial charge in [0.2, 0.25) is 0 Å². The fourth-order valence-electron chi connectivity index (χ4n) is 2.04. The molecule has 0 spiro atoms. The highest BCUT2D eigenvalue weighted by Crippen LogP contribution is 2.18. The van der Waals surface area contributed by atoms with E-state index in [4.69, 9.17) is 5.84 Å². The number of hydrogen-bond donors (Lipinski definition) is 3. The molecule has 21 heavy (non-hydrogen) atoms. The average molecular weight is 284 g/mol. The molecule has 0 unspecified atom stereocenters. The summed E-state index contributed by atoms with van der Waals surface area (Å²) in [5, 5.41) is 2.93. The van der Waals surface area contributed by atoms with Crippen molar-refractivity contribution >= 4 is 17.4 Å². The first-order chi connectivity index (χ1) is 10.0. The lowest BCUT2D eigenvalue weighted by molar-refractivity contribution is 0.102. The van der Waals surface area contributed by atoms with Crippen molar-refractivity contribution in [3.05, 3.63) is 52.7 Å². The van der Waals surface area contributed by atoms with Gasteiger partial charge in [-0.25, -0.2) is 10.8 Å². The Morgan fingerprint density at radius 3 is 2.67 bits per heavy atom. The number of carbonyl (C=O) groups is 1. The van der Waals surface area contributed by atoms with Crippen LogP contribution in [0, 0.1) is 13.8 Å². The summed E-state index contributed by atoms with van der Waals surface area (Å²) in [6, 6.07) is 9.38. The van der Waals surface area contributed by atoms with Crippen LogP contribution in [-0.4, -0.2) is 10.9 Å². The highest BCUT2D eigenvalue weighted by atomic mass is 16.1. The molecule has 5 nitrogen and oxygen atoms in total. The predicted octanol–water partition coefficient (Wildman–Crippen LogP) is 2.80. The van der Waals surface area contributed by atoms with Crippen LogP contribution in [0.2, 0.25) is 0 Å². The van der Waals surface area contributed by atoms with Crippen LogP contribution in [0.3, 0.4) is 0 Å². The van der Waals surface area contributed by atoms with E-state index < -0.39 is 0 Å². The van der Waals surface area contributed by atoms with Gasteiger partial charge in [-0.2, -0.15) is 0 Å². The number of rotatable bonds is 4. The van der Waals surface area contributed by atoms with Crippen LogP contribution in [0.5, 0.6) is 0 Å². The number of pyridine rings is 1. The second kappa shape index (κ2) is 6.37. The van der Waals surface area contributed by atoms with Gasteiger partial charge in [-0.05, 0) is 49.6 Å². The normalized spacial score (nSPS) is 10.3. The molecule has 0 bridgehead atoms. The molecule has 110 valence electrons. The van der Waals surface area contributed by atoms with Gasteiger partial charge in [0, 0.05) is 16.9 Å². The van der Waals surface area contributed by atoms with E-state index in [1.165, 1.54) is 0 Å². The topological polar surface area (TPSA) is 80.0 Å². The molecule has 0 aliphatic carbocycles. The minimum atomic E-state index is -0.169. The number of aryl methyl sites for hydroxylation is 3. The van der Waals surface area contributed by atoms with Crippen LogP contribution in [0.25, 0.3) is 0 Å². The molecule has 1 amide bonds. The lowest BCUT2D eigenvalue weighted by atomic mass is 10.1. The van der Waals surface area contributed by atoms with E-state index in [0.717, 1.165) is 28.9 Å². The Kier molecular flexibility index (Phi) is 4.55. The Labute approximate surface area is 124 Å². The molecule has 1 aromatic heterocycles. The molecule has 2 rings (SSSR count). The highest BCUT2D eigenvalue weighted by Gasteiger charge is 2.11. The number of nitrogens with two attached hydrogens (primary N) is 1. The summed E-state index contributed by atoms with van der Waals surface area (Å²) in [7, 11) is 0. The summed E-state index contributed by atoms with van der Waals surface area (Å²) in [6.45, 7) is 5.94. The fourth-order valence-corrected chi connectivity index (χ4v) is 2.04. The largest absolute Gasteiger partial charge is 0.322 e. The summed E-state index contributed by atoms with van der Waals surface area (Å²) in [5.74, 6) is 5.71. The zero-order valence-electron chi connectivity index (χ0n) is 12.5. The van der Waals surface area contributed by atoms with Crippen molar-refractivity contribution in [1.82, 2.24) is 4.98 Å².